The summed E-state index contributed by atoms with van der Waals surface area (Å²) in [7, 11) is 0. The lowest BCUT2D eigenvalue weighted by atomic mass is 10.4. The van der Waals surface area contributed by atoms with Crippen LogP contribution in [0.25, 0.3) is 0 Å². The standard InChI is InChI=1S/C6H11NO2S2/c1-4(5(8)9)7-6(10-2)11-3/h4H,1-3H3,(H,8,9)/t4-/m0/s1. The molecule has 0 saturated carbocycles. The van der Waals surface area contributed by atoms with E-state index in [0.717, 1.165) is 4.38 Å². The molecule has 0 unspecified atom stereocenters. The van der Waals surface area contributed by atoms with Crippen LogP contribution in [0.4, 0.5) is 0 Å². The summed E-state index contributed by atoms with van der Waals surface area (Å²) in [6.07, 6.45) is 3.76. The Bertz CT molecular complexity index is 164. The van der Waals surface area contributed by atoms with Gasteiger partial charge in [0.25, 0.3) is 0 Å². The first-order chi connectivity index (χ1) is 5.11. The van der Waals surface area contributed by atoms with Crippen molar-refractivity contribution in [1.82, 2.24) is 0 Å². The summed E-state index contributed by atoms with van der Waals surface area (Å²) in [6.45, 7) is 1.56. The van der Waals surface area contributed by atoms with Crippen LogP contribution in [-0.4, -0.2) is 34.0 Å². The molecular formula is C6H11NO2S2. The first-order valence-electron chi connectivity index (χ1n) is 3.00. The zero-order chi connectivity index (χ0) is 8.85. The molecule has 0 spiro atoms. The van der Waals surface area contributed by atoms with Crippen LogP contribution in [0.1, 0.15) is 6.92 Å². The summed E-state index contributed by atoms with van der Waals surface area (Å²) in [5, 5.41) is 8.50. The predicted octanol–water partition coefficient (Wildman–Crippen LogP) is 1.54. The smallest absolute Gasteiger partial charge is 0.328 e. The van der Waals surface area contributed by atoms with Gasteiger partial charge in [-0.25, -0.2) is 4.79 Å². The van der Waals surface area contributed by atoms with Crippen molar-refractivity contribution >= 4 is 33.9 Å². The van der Waals surface area contributed by atoms with E-state index in [1.165, 1.54) is 23.5 Å². The van der Waals surface area contributed by atoms with E-state index in [1.54, 1.807) is 6.92 Å². The minimum Gasteiger partial charge on any atom is -0.480 e. The van der Waals surface area contributed by atoms with Crippen molar-refractivity contribution in [3.05, 3.63) is 0 Å². The number of thioether (sulfide) groups is 2. The van der Waals surface area contributed by atoms with E-state index in [9.17, 15) is 4.79 Å². The second-order valence-corrected chi connectivity index (χ2v) is 3.67. The normalized spacial score (nSPS) is 12.3. The van der Waals surface area contributed by atoms with Crippen LogP contribution in [-0.2, 0) is 4.79 Å². The molecule has 0 aliphatic rings. The van der Waals surface area contributed by atoms with Gasteiger partial charge in [-0.1, -0.05) is 0 Å². The maximum absolute atomic E-state index is 10.3. The van der Waals surface area contributed by atoms with Crippen molar-refractivity contribution < 1.29 is 9.90 Å². The molecular weight excluding hydrogens is 182 g/mol. The van der Waals surface area contributed by atoms with Gasteiger partial charge in [0.1, 0.15) is 10.4 Å². The molecule has 1 N–H and O–H groups in total. The maximum atomic E-state index is 10.3. The van der Waals surface area contributed by atoms with E-state index in [2.05, 4.69) is 4.99 Å². The summed E-state index contributed by atoms with van der Waals surface area (Å²) in [6, 6.07) is -0.634. The van der Waals surface area contributed by atoms with Gasteiger partial charge in [0.2, 0.25) is 0 Å². The maximum Gasteiger partial charge on any atom is 0.328 e. The molecule has 0 aliphatic heterocycles. The average Bonchev–Trinajstić information content (AvgIpc) is 1.99. The lowest BCUT2D eigenvalue weighted by molar-refractivity contribution is -0.137. The number of hydrogen-bond acceptors (Lipinski definition) is 4. The molecule has 0 heterocycles. The number of rotatable bonds is 2. The molecule has 0 saturated heterocycles. The molecule has 0 bridgehead atoms. The van der Waals surface area contributed by atoms with Crippen molar-refractivity contribution in [2.45, 2.75) is 13.0 Å². The van der Waals surface area contributed by atoms with Crippen molar-refractivity contribution in [2.75, 3.05) is 12.5 Å². The van der Waals surface area contributed by atoms with Crippen LogP contribution in [0.5, 0.6) is 0 Å². The van der Waals surface area contributed by atoms with E-state index in [4.69, 9.17) is 5.11 Å². The fraction of sp³-hybridized carbons (Fsp3) is 0.667. The number of aliphatic imine (C=N–C) groups is 1. The molecule has 3 nitrogen and oxygen atoms in total. The van der Waals surface area contributed by atoms with E-state index < -0.39 is 12.0 Å². The molecule has 0 aliphatic carbocycles. The first kappa shape index (κ1) is 10.8. The van der Waals surface area contributed by atoms with Crippen LogP contribution in [0.15, 0.2) is 4.99 Å². The van der Waals surface area contributed by atoms with Gasteiger partial charge in [0, 0.05) is 0 Å². The van der Waals surface area contributed by atoms with Gasteiger partial charge in [0.15, 0.2) is 0 Å². The number of carboxylic acid groups (broad SMARTS) is 1. The Morgan fingerprint density at radius 1 is 1.45 bits per heavy atom. The Morgan fingerprint density at radius 2 is 1.91 bits per heavy atom. The molecule has 0 aromatic rings. The van der Waals surface area contributed by atoms with Gasteiger partial charge in [-0.2, -0.15) is 0 Å². The molecule has 5 heteroatoms. The summed E-state index contributed by atoms with van der Waals surface area (Å²) >= 11 is 2.93. The molecule has 0 aromatic carbocycles. The van der Waals surface area contributed by atoms with Crippen LogP contribution in [0.3, 0.4) is 0 Å². The summed E-state index contributed by atoms with van der Waals surface area (Å²) in [5.74, 6) is -0.884. The van der Waals surface area contributed by atoms with E-state index in [0.29, 0.717) is 0 Å². The average molecular weight is 193 g/mol. The minimum atomic E-state index is -0.884. The fourth-order valence-corrected chi connectivity index (χ4v) is 1.60. The van der Waals surface area contributed by atoms with Gasteiger partial charge in [-0.15, -0.1) is 23.5 Å². The quantitative estimate of drug-likeness (QED) is 0.534. The van der Waals surface area contributed by atoms with Gasteiger partial charge in [0.05, 0.1) is 0 Å². The lowest BCUT2D eigenvalue weighted by Gasteiger charge is -2.01. The van der Waals surface area contributed by atoms with Crippen LogP contribution in [0, 0.1) is 0 Å². The van der Waals surface area contributed by atoms with Crippen LogP contribution >= 0.6 is 23.5 Å². The Morgan fingerprint density at radius 3 is 2.18 bits per heavy atom. The second-order valence-electron chi connectivity index (χ2n) is 1.82. The fourth-order valence-electron chi connectivity index (χ4n) is 0.402. The third kappa shape index (κ3) is 4.31. The van der Waals surface area contributed by atoms with E-state index >= 15 is 0 Å². The third-order valence-electron chi connectivity index (χ3n) is 1.01. The molecule has 0 radical (unpaired) electrons. The zero-order valence-corrected chi connectivity index (χ0v) is 8.33. The molecule has 1 atom stereocenters. The summed E-state index contributed by atoms with van der Waals surface area (Å²) in [5.41, 5.74) is 0. The van der Waals surface area contributed by atoms with Crippen molar-refractivity contribution in [1.29, 1.82) is 0 Å². The van der Waals surface area contributed by atoms with Gasteiger partial charge in [-0.05, 0) is 19.4 Å². The van der Waals surface area contributed by atoms with E-state index in [-0.39, 0.29) is 0 Å². The second kappa shape index (κ2) is 5.49. The Balaban J connectivity index is 4.14. The Kier molecular flexibility index (Phi) is 5.41. The molecule has 0 rings (SSSR count). The Hall–Kier alpha value is -0.160. The lowest BCUT2D eigenvalue weighted by Crippen LogP contribution is -2.14. The number of hydrogen-bond donors (Lipinski definition) is 1. The molecule has 0 fully saturated rings. The summed E-state index contributed by atoms with van der Waals surface area (Å²) in [4.78, 5) is 14.3. The largest absolute Gasteiger partial charge is 0.480 e. The number of nitrogens with zero attached hydrogens (tertiary/aromatic N) is 1. The highest BCUT2D eigenvalue weighted by Gasteiger charge is 2.09. The molecule has 0 amide bonds. The van der Waals surface area contributed by atoms with Crippen LogP contribution < -0.4 is 0 Å². The third-order valence-corrected chi connectivity index (χ3v) is 2.91. The molecule has 0 aromatic heterocycles. The van der Waals surface area contributed by atoms with Gasteiger partial charge >= 0.3 is 5.97 Å². The SMILES string of the molecule is CSC(=N[C@@H](C)C(=O)O)SC. The highest BCUT2D eigenvalue weighted by atomic mass is 32.2. The van der Waals surface area contributed by atoms with Crippen molar-refractivity contribution in [3.8, 4) is 0 Å². The van der Waals surface area contributed by atoms with Crippen LogP contribution in [0.2, 0.25) is 0 Å². The van der Waals surface area contributed by atoms with Gasteiger partial charge in [-0.3, -0.25) is 4.99 Å². The first-order valence-corrected chi connectivity index (χ1v) is 5.45. The van der Waals surface area contributed by atoms with Crippen molar-refractivity contribution in [2.24, 2.45) is 4.99 Å². The molecule has 64 valence electrons. The highest BCUT2D eigenvalue weighted by Crippen LogP contribution is 2.12. The number of aliphatic carboxylic acids is 1. The summed E-state index contributed by atoms with van der Waals surface area (Å²) < 4.78 is 0.805. The molecule has 11 heavy (non-hydrogen) atoms. The Labute approximate surface area is 74.7 Å². The van der Waals surface area contributed by atoms with Gasteiger partial charge < -0.3 is 5.11 Å². The number of carbonyl (C=O) groups is 1. The van der Waals surface area contributed by atoms with Crippen molar-refractivity contribution in [3.63, 3.8) is 0 Å². The number of carboxylic acids is 1. The monoisotopic (exact) mass is 193 g/mol. The predicted molar refractivity (Wildman–Crippen MR) is 51.6 cm³/mol. The highest BCUT2D eigenvalue weighted by molar-refractivity contribution is 8.38. The topological polar surface area (TPSA) is 49.7 Å². The zero-order valence-electron chi connectivity index (χ0n) is 6.70. The minimum absolute atomic E-state index is 0.634. The van der Waals surface area contributed by atoms with E-state index in [1.807, 2.05) is 12.5 Å².